The minimum Gasteiger partial charge on any atom is -0.479 e. The van der Waals surface area contributed by atoms with Gasteiger partial charge in [0.15, 0.2) is 75.3 Å². The molecule has 65 heteroatoms. The molecule has 11 saturated heterocycles. The van der Waals surface area contributed by atoms with Gasteiger partial charge in [0.05, 0.1) is 65.6 Å². The lowest BCUT2D eigenvalue weighted by atomic mass is 9.93. The molecule has 0 unspecified atom stereocenters. The number of carboxylic acid groups (broad SMARTS) is 1. The van der Waals surface area contributed by atoms with Crippen molar-refractivity contribution in [1.29, 1.82) is 0 Å². The minimum absolute atomic E-state index is 0.832. The molecule has 55 atom stereocenters. The lowest BCUT2D eigenvalue weighted by molar-refractivity contribution is -0.408. The van der Waals surface area contributed by atoms with Gasteiger partial charge in [-0.25, -0.2) is 8.98 Å². The Morgan fingerprint density at radius 1 is 0.255 bits per heavy atom. The van der Waals surface area contributed by atoms with Crippen molar-refractivity contribution in [1.82, 2.24) is 26.6 Å². The first-order valence-corrected chi connectivity index (χ1v) is 45.5. The summed E-state index contributed by atoms with van der Waals surface area (Å²) in [6.07, 6.45) is -114. The van der Waals surface area contributed by atoms with E-state index in [0.717, 1.165) is 34.6 Å². The lowest BCUT2D eigenvalue weighted by Gasteiger charge is -2.52. The second-order valence-electron chi connectivity index (χ2n) is 35.1. The Morgan fingerprint density at radius 2 is 0.553 bits per heavy atom. The van der Waals surface area contributed by atoms with Crippen LogP contribution in [0, 0.1) is 0 Å². The summed E-state index contributed by atoms with van der Waals surface area (Å²) in [5.41, 5.74) is 0. The summed E-state index contributed by atoms with van der Waals surface area (Å²) in [5, 5.41) is 330. The van der Waals surface area contributed by atoms with Crippen molar-refractivity contribution in [2.45, 2.75) is 379 Å². The Labute approximate surface area is 796 Å². The molecule has 11 aliphatic rings. The summed E-state index contributed by atoms with van der Waals surface area (Å²) in [4.78, 5) is 77.7. The number of rotatable bonds is 37. The molecule has 814 valence electrons. The van der Waals surface area contributed by atoms with Crippen molar-refractivity contribution in [2.24, 2.45) is 0 Å². The highest BCUT2D eigenvalue weighted by atomic mass is 32.3. The molecule has 0 bridgehead atoms. The van der Waals surface area contributed by atoms with E-state index in [1.54, 1.807) is 0 Å². The molecule has 0 aliphatic carbocycles. The number of carboxylic acids is 1. The zero-order valence-electron chi connectivity index (χ0n) is 75.2. The van der Waals surface area contributed by atoms with Crippen LogP contribution in [0.25, 0.3) is 0 Å². The van der Waals surface area contributed by atoms with Gasteiger partial charge in [-0.2, -0.15) is 8.42 Å². The Balaban J connectivity index is 0.986. The lowest BCUT2D eigenvalue weighted by Crippen LogP contribution is -2.71. The summed E-state index contributed by atoms with van der Waals surface area (Å²) in [5.74, 6) is -7.14. The summed E-state index contributed by atoms with van der Waals surface area (Å²) < 4.78 is 164. The Kier molecular flexibility index (Phi) is 41.1. The Hall–Kier alpha value is -5.23. The second kappa shape index (κ2) is 49.9. The summed E-state index contributed by atoms with van der Waals surface area (Å²) in [7, 11) is -5.66. The molecule has 64 nitrogen and oxygen atoms in total. The van der Waals surface area contributed by atoms with Gasteiger partial charge in [-0.05, 0) is 6.92 Å². The van der Waals surface area contributed by atoms with E-state index >= 15 is 0 Å². The smallest absolute Gasteiger partial charge is 0.397 e. The molecule has 34 N–H and O–H groups in total. The van der Waals surface area contributed by atoms with Gasteiger partial charge in [0, 0.05) is 34.6 Å². The molecule has 141 heavy (non-hydrogen) atoms. The van der Waals surface area contributed by atoms with Crippen molar-refractivity contribution in [3.05, 3.63) is 0 Å². The van der Waals surface area contributed by atoms with E-state index in [9.17, 15) is 185 Å². The monoisotopic (exact) mass is 2080 g/mol. The molecule has 0 radical (unpaired) electrons. The zero-order chi connectivity index (χ0) is 104. The molecule has 0 saturated carbocycles. The van der Waals surface area contributed by atoms with E-state index in [-0.39, 0.29) is 0 Å². The fourth-order valence-electron chi connectivity index (χ4n) is 17.9. The van der Waals surface area contributed by atoms with E-state index < -0.39 is 443 Å². The number of ether oxygens (including phenoxy) is 21. The largest absolute Gasteiger partial charge is 0.479 e. The number of aliphatic hydroxyl groups excluding tert-OH is 27. The first kappa shape index (κ1) is 116. The predicted octanol–water partition coefficient (Wildman–Crippen LogP) is -23.3. The number of carbonyl (C=O) groups excluding carboxylic acids is 5. The third-order valence-corrected chi connectivity index (χ3v) is 25.6. The standard InChI is InChI=1S/C76H125N5O59S/c1-16-36(94)47(105)50(108)71(121-16)119-14-29-57(44(102)31(66(115)122-29)77-17(2)89)131-69-34(80-20(5)92)45(103)56(27(12-87)128-69)133-73-54(112)61(136-76-64(49(107)40(98)25(10-85)127-76)139-68-33(79-19(4)91)43(101)38(96)23(8-83)124-68)58(134-67-32(78-18(3)90)42(100)37(95)22(7-82)123-67)30(130-73)15-120-75-63(48(106)39(97)24(9-84)126-75)138-70-35(81-21(6)93)46(104)55(28(13-88)129-70)132-72-52(110)59(41(99)26(11-86)125-72)135-74-53(111)60(140-141(116,117)118)51(109)62(137-74)65(113)114/h16,22-64,66-76,82-88,94-112,115H,7-15H2,1-6H3,(H,77,89)(H,78,90)(H,79,91)(H,80,92)(H,81,93)(H,113,114)(H,116,117,118)/t16-,22+,23+,24+,25+,26+,27+,28+,29+,30+,31+,32+,33+,34+,35+,36+,37+,38+,39+,40+,41-,42+,43+,44+,45+,46+,47+,48-,49-,50-,51-,52+,53+,54-,55+,56+,57+,58+,59-,60-,61+,62-,63-,64-,66+,67-,68-,69-,70-,71+,72-,73-,74+,75-,76+/m0/s1. The predicted molar refractivity (Wildman–Crippen MR) is 430 cm³/mol. The van der Waals surface area contributed by atoms with Gasteiger partial charge >= 0.3 is 16.4 Å². The van der Waals surface area contributed by atoms with E-state index in [0.29, 0.717) is 0 Å². The maximum Gasteiger partial charge on any atom is 0.397 e. The van der Waals surface area contributed by atoms with E-state index in [4.69, 9.17) is 99.5 Å². The van der Waals surface area contributed by atoms with Crippen LogP contribution in [0.1, 0.15) is 41.5 Å². The van der Waals surface area contributed by atoms with Gasteiger partial charge in [0.1, 0.15) is 256 Å². The SMILES string of the molecule is CC(=O)N[C@@H]1[C@@H](O)[C@H](O[C@@H]2O[C@H](CO)[C@@H](O[C@@H]3O[C@H](CO[C@H]4O[C@H](CO)[C@@H](O)[C@H](O)[C@@H]4O[C@@H]4O[C@H](CO)[C@@H](O[C@@H]5O[C@H](CO)[C@H](O)[C@H](O[C@@H]6O[C@H](C(=O)O)[C@@H](O)[C@H](OS(=O)(=O)O)[C@H]6O)[C@H]5O)[C@H](O)[C@H]4NC(C)=O)[C@@H](O[C@@H]4O[C@H](CO)[C@@H](O)[C@H](O)[C@H]4NC(C)=O)[C@H](O[C@H]4O[C@H](CO)[C@@H](O)[C@H](O)[C@@H]4O[C@@H]4O[C@H](CO)[C@@H](O)[C@H](O)[C@H]4NC(C)=O)[C@@H]3O)[C@H](O)[C@H]2NC(C)=O)[C@@H](CO[C@@H]2O[C@@H](C)[C@@H](O)[C@@H](O)[C@@H]2O)O[C@H]1O. The molecule has 0 aromatic rings. The molecule has 0 aromatic heterocycles. The average Bonchev–Trinajstić information content (AvgIpc) is 0.755. The van der Waals surface area contributed by atoms with Gasteiger partial charge in [-0.1, -0.05) is 0 Å². The van der Waals surface area contributed by atoms with Crippen LogP contribution in [0.2, 0.25) is 0 Å². The van der Waals surface area contributed by atoms with Gasteiger partial charge in [0.2, 0.25) is 29.5 Å². The Morgan fingerprint density at radius 3 is 0.979 bits per heavy atom. The summed E-state index contributed by atoms with van der Waals surface area (Å²) in [6.45, 7) is -5.51. The van der Waals surface area contributed by atoms with Gasteiger partial charge in [-0.15, -0.1) is 0 Å². The topological polar surface area (TPSA) is 986 Å². The Bertz CT molecular complexity index is 4140. The number of aliphatic hydroxyl groups is 27. The van der Waals surface area contributed by atoms with Gasteiger partial charge < -0.3 is 269 Å². The quantitative estimate of drug-likeness (QED) is 0.0257. The molecule has 11 fully saturated rings. The third-order valence-electron chi connectivity index (χ3n) is 25.1. The van der Waals surface area contributed by atoms with Crippen molar-refractivity contribution in [3.63, 3.8) is 0 Å². The average molecular weight is 2080 g/mol. The van der Waals surface area contributed by atoms with Crippen molar-refractivity contribution in [3.8, 4) is 0 Å². The third kappa shape index (κ3) is 26.4. The van der Waals surface area contributed by atoms with Crippen molar-refractivity contribution in [2.75, 3.05) is 59.5 Å². The highest BCUT2D eigenvalue weighted by molar-refractivity contribution is 7.80. The number of amides is 5. The second-order valence-corrected chi connectivity index (χ2v) is 36.1. The minimum atomic E-state index is -5.66. The summed E-state index contributed by atoms with van der Waals surface area (Å²) >= 11 is 0. The molecule has 0 aromatic carbocycles. The normalized spacial score (nSPS) is 47.9. The van der Waals surface area contributed by atoms with Crippen LogP contribution in [0.4, 0.5) is 0 Å². The summed E-state index contributed by atoms with van der Waals surface area (Å²) in [6, 6.07) is -10.2. The number of carbonyl (C=O) groups is 6. The molecule has 0 spiro atoms. The van der Waals surface area contributed by atoms with E-state index in [2.05, 4.69) is 30.8 Å². The molecular formula is C76H125N5O59S. The first-order chi connectivity index (χ1) is 66.4. The van der Waals surface area contributed by atoms with Crippen LogP contribution in [-0.4, -0.2) is 588 Å². The van der Waals surface area contributed by atoms with Crippen molar-refractivity contribution < 1.29 is 288 Å². The molecule has 5 amide bonds. The van der Waals surface area contributed by atoms with Crippen LogP contribution in [0.15, 0.2) is 0 Å². The number of aliphatic carboxylic acids is 1. The molecule has 11 rings (SSSR count). The molecule has 11 heterocycles. The van der Waals surface area contributed by atoms with E-state index in [1.165, 1.54) is 6.92 Å². The molecule has 11 aliphatic heterocycles. The fourth-order valence-corrected chi connectivity index (χ4v) is 18.4. The van der Waals surface area contributed by atoms with Crippen molar-refractivity contribution >= 4 is 45.9 Å². The number of hydrogen-bond acceptors (Lipinski definition) is 57. The van der Waals surface area contributed by atoms with Crippen LogP contribution in [-0.2, 0) is 143 Å². The number of nitrogens with one attached hydrogen (secondary N) is 5. The zero-order valence-corrected chi connectivity index (χ0v) is 76.1. The highest BCUT2D eigenvalue weighted by Crippen LogP contribution is 2.43. The molecular weight excluding hydrogens is 1960 g/mol. The maximum absolute atomic E-state index is 13.5. The van der Waals surface area contributed by atoms with Crippen LogP contribution in [0.3, 0.4) is 0 Å². The van der Waals surface area contributed by atoms with E-state index in [1.807, 2.05) is 0 Å². The first-order valence-electron chi connectivity index (χ1n) is 44.1. The van der Waals surface area contributed by atoms with Gasteiger partial charge in [0.25, 0.3) is 0 Å². The van der Waals surface area contributed by atoms with Crippen LogP contribution in [0.5, 0.6) is 0 Å². The number of hydrogen-bond donors (Lipinski definition) is 34. The van der Waals surface area contributed by atoms with Crippen LogP contribution >= 0.6 is 0 Å². The fraction of sp³-hybridized carbons (Fsp3) is 0.921. The maximum atomic E-state index is 13.5. The highest BCUT2D eigenvalue weighted by Gasteiger charge is 2.64. The van der Waals surface area contributed by atoms with Crippen LogP contribution < -0.4 is 26.6 Å². The van der Waals surface area contributed by atoms with Gasteiger partial charge in [-0.3, -0.25) is 28.5 Å².